The van der Waals surface area contributed by atoms with Gasteiger partial charge in [0.15, 0.2) is 0 Å². The van der Waals surface area contributed by atoms with Crippen molar-refractivity contribution < 1.29 is 27.9 Å². The summed E-state index contributed by atoms with van der Waals surface area (Å²) in [4.78, 5) is 34.0. The van der Waals surface area contributed by atoms with Gasteiger partial charge >= 0.3 is 12.1 Å². The molecule has 1 saturated heterocycles. The number of aliphatic carboxylic acids is 1. The Morgan fingerprint density at radius 2 is 1.87 bits per heavy atom. The maximum Gasteiger partial charge on any atom is 0.490 e. The maximum absolute atomic E-state index is 12.3. The van der Waals surface area contributed by atoms with Crippen molar-refractivity contribution in [1.82, 2.24) is 24.7 Å². The van der Waals surface area contributed by atoms with Crippen LogP contribution in [0.15, 0.2) is 36.9 Å². The third kappa shape index (κ3) is 5.67. The van der Waals surface area contributed by atoms with Crippen LogP contribution in [0.3, 0.4) is 0 Å². The molecular weight excluding hydrogens is 441 g/mol. The number of carboxylic acids is 1. The molecule has 1 amide bonds. The van der Waals surface area contributed by atoms with Crippen LogP contribution >= 0.6 is 11.6 Å². The molecular formula is C18H16ClF3N6O3. The maximum atomic E-state index is 12.3. The number of carboxylic acid groups (broad SMARTS) is 1. The van der Waals surface area contributed by atoms with Crippen LogP contribution in [0.25, 0.3) is 5.65 Å². The van der Waals surface area contributed by atoms with E-state index < -0.39 is 12.1 Å². The Balaban J connectivity index is 0.000000339. The lowest BCUT2D eigenvalue weighted by Crippen LogP contribution is -2.21. The number of anilines is 1. The average Bonchev–Trinajstić information content (AvgIpc) is 3.38. The summed E-state index contributed by atoms with van der Waals surface area (Å²) in [6.07, 6.45) is 3.46. The van der Waals surface area contributed by atoms with Gasteiger partial charge in [0.05, 0.1) is 23.5 Å². The Hall–Kier alpha value is -3.25. The molecule has 1 aliphatic heterocycles. The van der Waals surface area contributed by atoms with Crippen LogP contribution in [0, 0.1) is 0 Å². The van der Waals surface area contributed by atoms with E-state index in [2.05, 4.69) is 25.6 Å². The molecule has 31 heavy (non-hydrogen) atoms. The SMILES string of the molecule is O=C(Nc1ccc2ncc(Cl)n2c1)c1cnc(C2CCCN2)nc1.O=C(O)C(F)(F)F. The summed E-state index contributed by atoms with van der Waals surface area (Å²) in [6, 6.07) is 3.74. The molecule has 13 heteroatoms. The Morgan fingerprint density at radius 1 is 1.19 bits per heavy atom. The van der Waals surface area contributed by atoms with Gasteiger partial charge < -0.3 is 15.7 Å². The highest BCUT2D eigenvalue weighted by Gasteiger charge is 2.38. The first-order valence-corrected chi connectivity index (χ1v) is 9.32. The third-order valence-corrected chi connectivity index (χ3v) is 4.55. The molecule has 0 spiro atoms. The van der Waals surface area contributed by atoms with Crippen LogP contribution in [-0.2, 0) is 4.79 Å². The summed E-state index contributed by atoms with van der Waals surface area (Å²) in [5, 5.41) is 13.8. The fourth-order valence-corrected chi connectivity index (χ4v) is 2.95. The van der Waals surface area contributed by atoms with Gasteiger partial charge in [-0.3, -0.25) is 9.20 Å². The highest BCUT2D eigenvalue weighted by Crippen LogP contribution is 2.20. The molecule has 0 saturated carbocycles. The lowest BCUT2D eigenvalue weighted by molar-refractivity contribution is -0.192. The van der Waals surface area contributed by atoms with Crippen molar-refractivity contribution >= 4 is 34.8 Å². The van der Waals surface area contributed by atoms with Crippen LogP contribution in [0.2, 0.25) is 5.15 Å². The highest BCUT2D eigenvalue weighted by molar-refractivity contribution is 6.29. The number of carbonyl (C=O) groups is 2. The molecule has 3 aromatic heterocycles. The molecule has 1 aliphatic rings. The van der Waals surface area contributed by atoms with Crippen LogP contribution in [0.5, 0.6) is 0 Å². The number of alkyl halides is 3. The summed E-state index contributed by atoms with van der Waals surface area (Å²) in [5.41, 5.74) is 1.75. The number of fused-ring (bicyclic) bond motifs is 1. The van der Waals surface area contributed by atoms with Gasteiger partial charge in [0.2, 0.25) is 0 Å². The van der Waals surface area contributed by atoms with E-state index in [1.807, 2.05) is 0 Å². The van der Waals surface area contributed by atoms with Crippen LogP contribution in [0.4, 0.5) is 18.9 Å². The van der Waals surface area contributed by atoms with E-state index in [0.717, 1.165) is 30.9 Å². The normalized spacial score (nSPS) is 15.9. The van der Waals surface area contributed by atoms with E-state index in [0.29, 0.717) is 16.4 Å². The van der Waals surface area contributed by atoms with Crippen LogP contribution in [-0.4, -0.2) is 49.1 Å². The van der Waals surface area contributed by atoms with E-state index in [-0.39, 0.29) is 11.9 Å². The van der Waals surface area contributed by atoms with Crippen molar-refractivity contribution in [3.8, 4) is 0 Å². The van der Waals surface area contributed by atoms with Crippen molar-refractivity contribution in [1.29, 1.82) is 0 Å². The minimum Gasteiger partial charge on any atom is -0.475 e. The lowest BCUT2D eigenvalue weighted by Gasteiger charge is -2.09. The van der Waals surface area contributed by atoms with Gasteiger partial charge in [0.1, 0.15) is 16.6 Å². The number of hydrogen-bond acceptors (Lipinski definition) is 6. The molecule has 3 aromatic rings. The minimum atomic E-state index is -5.08. The number of pyridine rings is 1. The van der Waals surface area contributed by atoms with Gasteiger partial charge in [0, 0.05) is 18.6 Å². The number of halogens is 4. The fourth-order valence-electron chi connectivity index (χ4n) is 2.77. The molecule has 3 N–H and O–H groups in total. The Morgan fingerprint density at radius 3 is 2.45 bits per heavy atom. The molecule has 0 bridgehead atoms. The monoisotopic (exact) mass is 456 g/mol. The standard InChI is InChI=1S/C16H15ClN6O.C2HF3O2/c17-13-8-19-14-4-3-11(9-23(13)14)22-16(24)10-6-20-15(21-7-10)12-2-1-5-18-12;3-2(4,5)1(6)7/h3-4,6-9,12,18H,1-2,5H2,(H,22,24);(H,6,7). The summed E-state index contributed by atoms with van der Waals surface area (Å²) in [6.45, 7) is 0.982. The Labute approximate surface area is 178 Å². The van der Waals surface area contributed by atoms with Gasteiger partial charge in [-0.2, -0.15) is 13.2 Å². The number of amides is 1. The minimum absolute atomic E-state index is 0.188. The third-order valence-electron chi connectivity index (χ3n) is 4.27. The van der Waals surface area contributed by atoms with Gasteiger partial charge in [-0.25, -0.2) is 19.7 Å². The van der Waals surface area contributed by atoms with Crippen molar-refractivity contribution in [2.24, 2.45) is 0 Å². The zero-order chi connectivity index (χ0) is 22.6. The number of hydrogen-bond donors (Lipinski definition) is 3. The summed E-state index contributed by atoms with van der Waals surface area (Å²) in [7, 11) is 0. The second kappa shape index (κ2) is 9.27. The second-order valence-electron chi connectivity index (χ2n) is 6.46. The van der Waals surface area contributed by atoms with Crippen LogP contribution in [0.1, 0.15) is 35.1 Å². The summed E-state index contributed by atoms with van der Waals surface area (Å²) < 4.78 is 33.4. The van der Waals surface area contributed by atoms with Crippen molar-refractivity contribution in [2.75, 3.05) is 11.9 Å². The smallest absolute Gasteiger partial charge is 0.475 e. The molecule has 164 valence electrons. The molecule has 4 rings (SSSR count). The number of nitrogens with one attached hydrogen (secondary N) is 2. The number of carbonyl (C=O) groups excluding carboxylic acids is 1. The van der Waals surface area contributed by atoms with E-state index >= 15 is 0 Å². The van der Waals surface area contributed by atoms with E-state index in [9.17, 15) is 18.0 Å². The van der Waals surface area contributed by atoms with Crippen LogP contribution < -0.4 is 10.6 Å². The van der Waals surface area contributed by atoms with Gasteiger partial charge in [-0.1, -0.05) is 11.6 Å². The first kappa shape index (κ1) is 22.4. The molecule has 0 aliphatic carbocycles. The highest BCUT2D eigenvalue weighted by atomic mass is 35.5. The van der Waals surface area contributed by atoms with Gasteiger partial charge in [-0.05, 0) is 31.5 Å². The molecule has 1 atom stereocenters. The molecule has 9 nitrogen and oxygen atoms in total. The quantitative estimate of drug-likeness (QED) is 0.553. The molecule has 1 fully saturated rings. The summed E-state index contributed by atoms with van der Waals surface area (Å²) in [5.74, 6) is -2.29. The van der Waals surface area contributed by atoms with Crippen molar-refractivity contribution in [2.45, 2.75) is 25.1 Å². The lowest BCUT2D eigenvalue weighted by atomic mass is 10.2. The predicted octanol–water partition coefficient (Wildman–Crippen LogP) is 3.09. The fraction of sp³-hybridized carbons (Fsp3) is 0.278. The van der Waals surface area contributed by atoms with Gasteiger partial charge in [0.25, 0.3) is 5.91 Å². The average molecular weight is 457 g/mol. The largest absolute Gasteiger partial charge is 0.490 e. The second-order valence-corrected chi connectivity index (χ2v) is 6.85. The topological polar surface area (TPSA) is 122 Å². The zero-order valence-corrected chi connectivity index (χ0v) is 16.5. The molecule has 0 radical (unpaired) electrons. The van der Waals surface area contributed by atoms with Crippen molar-refractivity contribution in [3.05, 3.63) is 53.5 Å². The van der Waals surface area contributed by atoms with E-state index in [1.54, 1.807) is 41.3 Å². The van der Waals surface area contributed by atoms with E-state index in [1.165, 1.54) is 0 Å². The first-order chi connectivity index (χ1) is 14.6. The summed E-state index contributed by atoms with van der Waals surface area (Å²) >= 11 is 6.04. The zero-order valence-electron chi connectivity index (χ0n) is 15.7. The Kier molecular flexibility index (Phi) is 6.71. The molecule has 0 aromatic carbocycles. The number of nitrogens with zero attached hydrogens (tertiary/aromatic N) is 4. The number of imidazole rings is 1. The molecule has 1 unspecified atom stereocenters. The van der Waals surface area contributed by atoms with Crippen molar-refractivity contribution in [3.63, 3.8) is 0 Å². The first-order valence-electron chi connectivity index (χ1n) is 8.94. The molecule has 4 heterocycles. The Bertz CT molecular complexity index is 1080. The number of rotatable bonds is 3. The number of aromatic nitrogens is 4. The predicted molar refractivity (Wildman–Crippen MR) is 104 cm³/mol. The van der Waals surface area contributed by atoms with E-state index in [4.69, 9.17) is 21.5 Å². The van der Waals surface area contributed by atoms with Gasteiger partial charge in [-0.15, -0.1) is 0 Å².